The van der Waals surface area contributed by atoms with Crippen molar-refractivity contribution in [3.8, 4) is 50.8 Å². The Morgan fingerprint density at radius 1 is 0.468 bits per heavy atom. The Bertz CT molecular complexity index is 3290. The van der Waals surface area contributed by atoms with Crippen LogP contribution in [-0.2, 0) is 12.4 Å². The van der Waals surface area contributed by atoms with Gasteiger partial charge >= 0.3 is 12.4 Å². The van der Waals surface area contributed by atoms with Gasteiger partial charge in [0.1, 0.15) is 0 Å². The van der Waals surface area contributed by atoms with E-state index in [1.165, 1.54) is 12.1 Å². The predicted octanol–water partition coefficient (Wildman–Crippen LogP) is 14.8. The lowest BCUT2D eigenvalue weighted by molar-refractivity contribution is -0.138. The molecule has 302 valence electrons. The van der Waals surface area contributed by atoms with Crippen LogP contribution >= 0.6 is 0 Å². The molecule has 10 aromatic rings. The molecule has 0 fully saturated rings. The maximum absolute atomic E-state index is 13.9. The van der Waals surface area contributed by atoms with Crippen LogP contribution in [0.2, 0.25) is 0 Å². The molecule has 0 spiro atoms. The number of fused-ring (bicyclic) bond motifs is 6. The van der Waals surface area contributed by atoms with Crippen molar-refractivity contribution in [1.82, 2.24) is 14.1 Å². The maximum Gasteiger partial charge on any atom is 0.416 e. The van der Waals surface area contributed by atoms with Gasteiger partial charge in [0.25, 0.3) is 0 Å². The Labute approximate surface area is 351 Å². The zero-order valence-electron chi connectivity index (χ0n) is 33.1. The number of hydrogen-bond acceptors (Lipinski definition) is 2. The summed E-state index contributed by atoms with van der Waals surface area (Å²) in [5.74, 6) is 0. The van der Waals surface area contributed by atoms with Crippen molar-refractivity contribution in [3.05, 3.63) is 186 Å². The second kappa shape index (κ2) is 14.2. The molecule has 7 aromatic carbocycles. The number of para-hydroxylation sites is 2. The summed E-state index contributed by atoms with van der Waals surface area (Å²) >= 11 is 0. The van der Waals surface area contributed by atoms with Crippen molar-refractivity contribution in [3.63, 3.8) is 0 Å². The molecule has 0 saturated heterocycles. The molecule has 0 N–H and O–H groups in total. The van der Waals surface area contributed by atoms with Gasteiger partial charge in [-0.25, -0.2) is 0 Å². The van der Waals surface area contributed by atoms with E-state index in [2.05, 4.69) is 15.2 Å². The minimum absolute atomic E-state index is 0.423. The highest BCUT2D eigenvalue weighted by Crippen LogP contribution is 2.44. The first-order valence-corrected chi connectivity index (χ1v) is 19.7. The lowest BCUT2D eigenvalue weighted by Crippen LogP contribution is -2.06. The first-order valence-electron chi connectivity index (χ1n) is 19.7. The number of nitriles is 1. The Morgan fingerprint density at radius 3 is 1.37 bits per heavy atom. The molecule has 3 heterocycles. The van der Waals surface area contributed by atoms with Gasteiger partial charge in [-0.1, -0.05) is 78.9 Å². The second-order valence-corrected chi connectivity index (χ2v) is 15.6. The summed E-state index contributed by atoms with van der Waals surface area (Å²) in [6.45, 7) is 3.30. The summed E-state index contributed by atoms with van der Waals surface area (Å²) in [5.41, 5.74) is 7.95. The number of alkyl halides is 6. The number of pyridine rings is 1. The second-order valence-electron chi connectivity index (χ2n) is 15.6. The first kappa shape index (κ1) is 38.6. The highest BCUT2D eigenvalue weighted by Gasteiger charge is 2.32. The summed E-state index contributed by atoms with van der Waals surface area (Å²) in [7, 11) is 0. The number of hydrogen-bond donors (Lipinski definition) is 0. The predicted molar refractivity (Wildman–Crippen MR) is 233 cm³/mol. The van der Waals surface area contributed by atoms with Gasteiger partial charge in [-0.15, -0.1) is 0 Å². The third-order valence-electron chi connectivity index (χ3n) is 11.5. The van der Waals surface area contributed by atoms with Gasteiger partial charge in [-0.2, -0.15) is 31.6 Å². The summed E-state index contributed by atoms with van der Waals surface area (Å²) in [6.07, 6.45) is -5.50. The molecule has 10 rings (SSSR count). The number of nitrogens with zero attached hydrogens (tertiary/aromatic N) is 4. The smallest absolute Gasteiger partial charge is 0.307 e. The number of aryl methyl sites for hydroxylation is 2. The van der Waals surface area contributed by atoms with E-state index in [1.807, 2.05) is 97.1 Å². The molecule has 10 heteroatoms. The average Bonchev–Trinajstić information content (AvgIpc) is 3.77. The van der Waals surface area contributed by atoms with E-state index in [4.69, 9.17) is 4.98 Å². The molecule has 4 nitrogen and oxygen atoms in total. The topological polar surface area (TPSA) is 46.5 Å². The van der Waals surface area contributed by atoms with Crippen LogP contribution in [0.4, 0.5) is 26.3 Å². The van der Waals surface area contributed by atoms with E-state index in [9.17, 15) is 31.6 Å². The van der Waals surface area contributed by atoms with E-state index in [0.717, 1.165) is 55.7 Å². The van der Waals surface area contributed by atoms with Crippen LogP contribution in [0.3, 0.4) is 0 Å². The van der Waals surface area contributed by atoms with Gasteiger partial charge in [0.05, 0.1) is 68.6 Å². The third kappa shape index (κ3) is 6.36. The van der Waals surface area contributed by atoms with E-state index < -0.39 is 23.5 Å². The standard InChI is InChI=1S/C52H32F6N4/c1-30-19-35(23-37(21-30)51(53,54)55)32-15-17-46-42(25-32)40-11-5-7-13-44(40)61(46)48-28-60-29-49(50(48)39-10-4-3-9-34(39)27-59)62-45-14-8-6-12-41(45)43-26-33(16-18-47(43)62)36-20-31(2)22-38(24-36)52(56,57)58/h3-26,28-29H,1-2H3. The quantitative estimate of drug-likeness (QED) is 0.162. The summed E-state index contributed by atoms with van der Waals surface area (Å²) < 4.78 is 87.8. The molecule has 0 aliphatic heterocycles. The van der Waals surface area contributed by atoms with Crippen LogP contribution in [0.1, 0.15) is 27.8 Å². The number of benzene rings is 7. The van der Waals surface area contributed by atoms with E-state index >= 15 is 0 Å². The minimum Gasteiger partial charge on any atom is -0.307 e. The van der Waals surface area contributed by atoms with Gasteiger partial charge in [0.2, 0.25) is 0 Å². The first-order chi connectivity index (χ1) is 29.8. The SMILES string of the molecule is Cc1cc(-c2ccc3c(c2)c2ccccc2n3-c2cncc(-n3c4ccccc4c4cc(-c5cc(C)cc(C(F)(F)F)c5)ccc43)c2-c2ccccc2C#N)cc(C(F)(F)F)c1. The number of halogens is 6. The van der Waals surface area contributed by atoms with Crippen LogP contribution < -0.4 is 0 Å². The minimum atomic E-state index is -4.50. The summed E-state index contributed by atoms with van der Waals surface area (Å²) in [4.78, 5) is 4.84. The molecule has 0 unspecified atom stereocenters. The van der Waals surface area contributed by atoms with Crippen LogP contribution in [-0.4, -0.2) is 14.1 Å². The average molecular weight is 827 g/mol. The monoisotopic (exact) mass is 826 g/mol. The maximum atomic E-state index is 13.9. The number of rotatable bonds is 5. The van der Waals surface area contributed by atoms with Crippen molar-refractivity contribution in [1.29, 1.82) is 5.26 Å². The largest absolute Gasteiger partial charge is 0.416 e. The molecule has 3 aromatic heterocycles. The lowest BCUT2D eigenvalue weighted by atomic mass is 9.97. The lowest BCUT2D eigenvalue weighted by Gasteiger charge is -2.20. The summed E-state index contributed by atoms with van der Waals surface area (Å²) in [5, 5.41) is 13.9. The third-order valence-corrected chi connectivity index (χ3v) is 11.5. The Hall–Kier alpha value is -7.64. The van der Waals surface area contributed by atoms with Crippen molar-refractivity contribution >= 4 is 43.6 Å². The van der Waals surface area contributed by atoms with E-state index in [1.54, 1.807) is 50.5 Å². The van der Waals surface area contributed by atoms with E-state index in [0.29, 0.717) is 61.4 Å². The van der Waals surface area contributed by atoms with Crippen LogP contribution in [0.25, 0.3) is 88.4 Å². The van der Waals surface area contributed by atoms with Crippen molar-refractivity contribution < 1.29 is 26.3 Å². The van der Waals surface area contributed by atoms with Gasteiger partial charge in [0, 0.05) is 32.7 Å². The number of aromatic nitrogens is 3. The van der Waals surface area contributed by atoms with Crippen LogP contribution in [0.15, 0.2) is 158 Å². The molecule has 62 heavy (non-hydrogen) atoms. The Kier molecular flexibility index (Phi) is 8.85. The van der Waals surface area contributed by atoms with E-state index in [-0.39, 0.29) is 0 Å². The van der Waals surface area contributed by atoms with Gasteiger partial charge < -0.3 is 9.13 Å². The highest BCUT2D eigenvalue weighted by molar-refractivity contribution is 6.13. The fourth-order valence-corrected chi connectivity index (χ4v) is 8.90. The zero-order chi connectivity index (χ0) is 43.1. The van der Waals surface area contributed by atoms with Gasteiger partial charge in [-0.3, -0.25) is 4.98 Å². The van der Waals surface area contributed by atoms with Crippen molar-refractivity contribution in [2.24, 2.45) is 0 Å². The molecule has 0 radical (unpaired) electrons. The van der Waals surface area contributed by atoms with Crippen LogP contribution in [0, 0.1) is 25.2 Å². The molecule has 0 atom stereocenters. The highest BCUT2D eigenvalue weighted by atomic mass is 19.4. The van der Waals surface area contributed by atoms with Crippen molar-refractivity contribution in [2.45, 2.75) is 26.2 Å². The molecule has 0 aliphatic rings. The van der Waals surface area contributed by atoms with Crippen molar-refractivity contribution in [2.75, 3.05) is 0 Å². The molecular weight excluding hydrogens is 795 g/mol. The molecule has 0 aliphatic carbocycles. The molecule has 0 bridgehead atoms. The fourth-order valence-electron chi connectivity index (χ4n) is 8.90. The zero-order valence-corrected chi connectivity index (χ0v) is 33.1. The Morgan fingerprint density at radius 2 is 0.903 bits per heavy atom. The fraction of sp³-hybridized carbons (Fsp3) is 0.0769. The summed E-state index contributed by atoms with van der Waals surface area (Å²) in [6, 6.07) is 44.7. The van der Waals surface area contributed by atoms with Gasteiger partial charge in [-0.05, 0) is 114 Å². The normalized spacial score (nSPS) is 12.2. The molecule has 0 amide bonds. The van der Waals surface area contributed by atoms with Crippen LogP contribution in [0.5, 0.6) is 0 Å². The Balaban J connectivity index is 1.25. The molecule has 0 saturated carbocycles. The van der Waals surface area contributed by atoms with Gasteiger partial charge in [0.15, 0.2) is 0 Å². The molecular formula is C52H32F6N4.